The molecule has 7 heteroatoms. The summed E-state index contributed by atoms with van der Waals surface area (Å²) < 4.78 is 0. The highest BCUT2D eigenvalue weighted by atomic mass is 32.1. The van der Waals surface area contributed by atoms with Crippen LogP contribution in [-0.2, 0) is 0 Å². The summed E-state index contributed by atoms with van der Waals surface area (Å²) in [7, 11) is 0. The lowest BCUT2D eigenvalue weighted by Gasteiger charge is -2.38. The zero-order valence-corrected chi connectivity index (χ0v) is 10.3. The molecule has 0 unspecified atom stereocenters. The maximum Gasteiger partial charge on any atom is 0.323 e. The highest BCUT2D eigenvalue weighted by Gasteiger charge is 2.32. The Morgan fingerprint density at radius 3 is 3.00 bits per heavy atom. The van der Waals surface area contributed by atoms with Crippen molar-refractivity contribution in [2.75, 3.05) is 18.4 Å². The minimum Gasteiger partial charge on any atom is -0.323 e. The lowest BCUT2D eigenvalue weighted by atomic mass is 9.96. The summed E-state index contributed by atoms with van der Waals surface area (Å²) in [4.78, 5) is 17.8. The van der Waals surface area contributed by atoms with Crippen LogP contribution < -0.4 is 5.32 Å². The standard InChI is InChI=1S/C11H11N5OS/c17-11(14-10-15-13-7-18-10)16-5-8(6-16)9-3-1-2-4-12-9/h1-4,7-8H,5-6H2,(H,14,15,17). The number of nitrogens with one attached hydrogen (secondary N) is 1. The van der Waals surface area contributed by atoms with E-state index in [1.54, 1.807) is 16.6 Å². The highest BCUT2D eigenvalue weighted by molar-refractivity contribution is 7.13. The first kappa shape index (κ1) is 11.1. The van der Waals surface area contributed by atoms with Gasteiger partial charge < -0.3 is 4.90 Å². The number of carbonyl (C=O) groups excluding carboxylic acids is 1. The van der Waals surface area contributed by atoms with Gasteiger partial charge in [0.1, 0.15) is 5.51 Å². The summed E-state index contributed by atoms with van der Waals surface area (Å²) >= 11 is 1.31. The summed E-state index contributed by atoms with van der Waals surface area (Å²) in [6.45, 7) is 1.39. The second-order valence-electron chi connectivity index (χ2n) is 4.03. The van der Waals surface area contributed by atoms with Crippen LogP contribution in [0.1, 0.15) is 11.6 Å². The third-order valence-corrected chi connectivity index (χ3v) is 3.46. The number of likely N-dealkylation sites (tertiary alicyclic amines) is 1. The van der Waals surface area contributed by atoms with E-state index in [2.05, 4.69) is 20.5 Å². The summed E-state index contributed by atoms with van der Waals surface area (Å²) in [6, 6.07) is 5.72. The van der Waals surface area contributed by atoms with Crippen molar-refractivity contribution in [3.8, 4) is 0 Å². The molecular weight excluding hydrogens is 250 g/mol. The van der Waals surface area contributed by atoms with Crippen molar-refractivity contribution in [2.24, 2.45) is 0 Å². The molecule has 2 amide bonds. The number of pyridine rings is 1. The van der Waals surface area contributed by atoms with Crippen LogP contribution in [0.3, 0.4) is 0 Å². The molecule has 0 bridgehead atoms. The molecule has 0 saturated carbocycles. The first-order valence-corrected chi connectivity index (χ1v) is 6.44. The number of hydrogen-bond acceptors (Lipinski definition) is 5. The van der Waals surface area contributed by atoms with Crippen molar-refractivity contribution in [3.05, 3.63) is 35.6 Å². The summed E-state index contributed by atoms with van der Waals surface area (Å²) in [5.41, 5.74) is 2.63. The molecule has 3 rings (SSSR count). The number of rotatable bonds is 2. The highest BCUT2D eigenvalue weighted by Crippen LogP contribution is 2.25. The molecule has 3 heterocycles. The van der Waals surface area contributed by atoms with Gasteiger partial charge in [-0.1, -0.05) is 17.4 Å². The molecule has 2 aromatic heterocycles. The molecule has 0 atom stereocenters. The van der Waals surface area contributed by atoms with Gasteiger partial charge in [-0.2, -0.15) is 0 Å². The molecule has 0 aromatic carbocycles. The molecule has 1 fully saturated rings. The number of anilines is 1. The molecule has 0 radical (unpaired) electrons. The second-order valence-corrected chi connectivity index (χ2v) is 4.86. The lowest BCUT2D eigenvalue weighted by molar-refractivity contribution is 0.162. The molecular formula is C11H11N5OS. The number of amides is 2. The quantitative estimate of drug-likeness (QED) is 0.890. The smallest absolute Gasteiger partial charge is 0.323 e. The van der Waals surface area contributed by atoms with Gasteiger partial charge in [0.15, 0.2) is 0 Å². The Balaban J connectivity index is 1.54. The number of aromatic nitrogens is 3. The average molecular weight is 261 g/mol. The van der Waals surface area contributed by atoms with Gasteiger partial charge in [0.25, 0.3) is 0 Å². The van der Waals surface area contributed by atoms with E-state index in [1.807, 2.05) is 18.2 Å². The molecule has 0 spiro atoms. The fraction of sp³-hybridized carbons (Fsp3) is 0.273. The molecule has 6 nitrogen and oxygen atoms in total. The molecule has 1 N–H and O–H groups in total. The topological polar surface area (TPSA) is 71.0 Å². The van der Waals surface area contributed by atoms with E-state index < -0.39 is 0 Å². The van der Waals surface area contributed by atoms with Crippen molar-refractivity contribution in [2.45, 2.75) is 5.92 Å². The van der Waals surface area contributed by atoms with Crippen molar-refractivity contribution in [1.29, 1.82) is 0 Å². The van der Waals surface area contributed by atoms with E-state index in [4.69, 9.17) is 0 Å². The van der Waals surface area contributed by atoms with E-state index in [-0.39, 0.29) is 6.03 Å². The Labute approximate surface area is 108 Å². The summed E-state index contributed by atoms with van der Waals surface area (Å²) in [5, 5.41) is 10.7. The van der Waals surface area contributed by atoms with E-state index in [0.29, 0.717) is 24.1 Å². The van der Waals surface area contributed by atoms with Gasteiger partial charge in [-0.25, -0.2) is 4.79 Å². The van der Waals surface area contributed by atoms with Crippen LogP contribution in [0.5, 0.6) is 0 Å². The second kappa shape index (κ2) is 4.69. The Bertz CT molecular complexity index is 524. The van der Waals surface area contributed by atoms with E-state index in [9.17, 15) is 4.79 Å². The molecule has 1 aliphatic rings. The van der Waals surface area contributed by atoms with Gasteiger partial charge in [-0.3, -0.25) is 10.3 Å². The third-order valence-electron chi connectivity index (χ3n) is 2.85. The zero-order valence-electron chi connectivity index (χ0n) is 9.48. The monoisotopic (exact) mass is 261 g/mol. The maximum absolute atomic E-state index is 11.8. The minimum absolute atomic E-state index is 0.126. The molecule has 1 aliphatic heterocycles. The first-order chi connectivity index (χ1) is 8.83. The SMILES string of the molecule is O=C(Nc1nncs1)N1CC(c2ccccn2)C1. The van der Waals surface area contributed by atoms with E-state index in [0.717, 1.165) is 5.69 Å². The number of hydrogen-bond donors (Lipinski definition) is 1. The van der Waals surface area contributed by atoms with Crippen LogP contribution >= 0.6 is 11.3 Å². The number of carbonyl (C=O) groups is 1. The van der Waals surface area contributed by atoms with Crippen molar-refractivity contribution in [1.82, 2.24) is 20.1 Å². The van der Waals surface area contributed by atoms with Gasteiger partial charge in [-0.05, 0) is 12.1 Å². The van der Waals surface area contributed by atoms with Crippen molar-refractivity contribution < 1.29 is 4.79 Å². The fourth-order valence-electron chi connectivity index (χ4n) is 1.85. The van der Waals surface area contributed by atoms with Gasteiger partial charge in [-0.15, -0.1) is 10.2 Å². The first-order valence-electron chi connectivity index (χ1n) is 5.56. The molecule has 0 aliphatic carbocycles. The van der Waals surface area contributed by atoms with Crippen LogP contribution in [0.25, 0.3) is 0 Å². The van der Waals surface area contributed by atoms with Crippen molar-refractivity contribution in [3.63, 3.8) is 0 Å². The lowest BCUT2D eigenvalue weighted by Crippen LogP contribution is -2.50. The van der Waals surface area contributed by atoms with Crippen LogP contribution in [0.15, 0.2) is 29.9 Å². The maximum atomic E-state index is 11.8. The van der Waals surface area contributed by atoms with E-state index >= 15 is 0 Å². The Hall–Kier alpha value is -2.02. The third kappa shape index (κ3) is 2.17. The van der Waals surface area contributed by atoms with Crippen LogP contribution in [0, 0.1) is 0 Å². The Morgan fingerprint density at radius 1 is 1.44 bits per heavy atom. The summed E-state index contributed by atoms with van der Waals surface area (Å²) in [5.74, 6) is 0.339. The van der Waals surface area contributed by atoms with Gasteiger partial charge in [0, 0.05) is 30.9 Å². The van der Waals surface area contributed by atoms with Crippen LogP contribution in [0.2, 0.25) is 0 Å². The number of nitrogens with zero attached hydrogens (tertiary/aromatic N) is 4. The van der Waals surface area contributed by atoms with Gasteiger partial charge >= 0.3 is 6.03 Å². The number of urea groups is 1. The molecule has 92 valence electrons. The van der Waals surface area contributed by atoms with Crippen molar-refractivity contribution >= 4 is 22.5 Å². The van der Waals surface area contributed by atoms with E-state index in [1.165, 1.54) is 11.3 Å². The molecule has 2 aromatic rings. The Morgan fingerprint density at radius 2 is 2.33 bits per heavy atom. The Kier molecular flexibility index (Phi) is 2.89. The molecule has 18 heavy (non-hydrogen) atoms. The van der Waals surface area contributed by atoms with Crippen LogP contribution in [0.4, 0.5) is 9.93 Å². The zero-order chi connectivity index (χ0) is 12.4. The largest absolute Gasteiger partial charge is 0.323 e. The normalized spacial score (nSPS) is 15.2. The molecule has 1 saturated heterocycles. The average Bonchev–Trinajstić information content (AvgIpc) is 2.81. The van der Waals surface area contributed by atoms with Gasteiger partial charge in [0.2, 0.25) is 5.13 Å². The minimum atomic E-state index is -0.126. The van der Waals surface area contributed by atoms with Gasteiger partial charge in [0.05, 0.1) is 0 Å². The summed E-state index contributed by atoms with van der Waals surface area (Å²) in [6.07, 6.45) is 1.78. The fourth-order valence-corrected chi connectivity index (χ4v) is 2.28. The predicted octanol–water partition coefficient (Wildman–Crippen LogP) is 1.56. The van der Waals surface area contributed by atoms with Crippen LogP contribution in [-0.4, -0.2) is 39.2 Å². The predicted molar refractivity (Wildman–Crippen MR) is 67.5 cm³/mol.